The predicted octanol–water partition coefficient (Wildman–Crippen LogP) is 4.12. The topological polar surface area (TPSA) is 55.4 Å². The zero-order chi connectivity index (χ0) is 18.1. The summed E-state index contributed by atoms with van der Waals surface area (Å²) in [7, 11) is 0. The number of rotatable bonds is 12. The fourth-order valence-corrected chi connectivity index (χ4v) is 2.74. The SMILES string of the molecule is CCCC(=O)CCC(=O)NCC(C)(C)CC(C)(C)OCC(C)C. The summed E-state index contributed by atoms with van der Waals surface area (Å²) in [6.45, 7) is 16.1. The first-order chi connectivity index (χ1) is 10.5. The highest BCUT2D eigenvalue weighted by molar-refractivity contribution is 5.84. The zero-order valence-corrected chi connectivity index (χ0v) is 16.3. The van der Waals surface area contributed by atoms with Gasteiger partial charge in [-0.2, -0.15) is 0 Å². The first-order valence-electron chi connectivity index (χ1n) is 8.90. The van der Waals surface area contributed by atoms with E-state index in [1.54, 1.807) is 0 Å². The van der Waals surface area contributed by atoms with E-state index in [9.17, 15) is 9.59 Å². The summed E-state index contributed by atoms with van der Waals surface area (Å²) in [5, 5.41) is 2.96. The molecule has 0 aliphatic heterocycles. The summed E-state index contributed by atoms with van der Waals surface area (Å²) in [5.41, 5.74) is -0.265. The van der Waals surface area contributed by atoms with Crippen LogP contribution in [0.5, 0.6) is 0 Å². The maximum atomic E-state index is 11.9. The maximum Gasteiger partial charge on any atom is 0.220 e. The lowest BCUT2D eigenvalue weighted by molar-refractivity contribution is -0.126. The predicted molar refractivity (Wildman–Crippen MR) is 95.4 cm³/mol. The molecule has 0 rings (SSSR count). The van der Waals surface area contributed by atoms with E-state index in [2.05, 4.69) is 46.9 Å². The lowest BCUT2D eigenvalue weighted by Gasteiger charge is -2.35. The molecule has 0 bridgehead atoms. The van der Waals surface area contributed by atoms with Gasteiger partial charge >= 0.3 is 0 Å². The molecule has 0 spiro atoms. The fourth-order valence-electron chi connectivity index (χ4n) is 2.74. The van der Waals surface area contributed by atoms with Gasteiger partial charge in [-0.3, -0.25) is 9.59 Å². The third kappa shape index (κ3) is 12.2. The van der Waals surface area contributed by atoms with Gasteiger partial charge in [0.25, 0.3) is 0 Å². The second-order valence-corrected chi connectivity index (χ2v) is 8.37. The highest BCUT2D eigenvalue weighted by Gasteiger charge is 2.30. The molecule has 0 saturated heterocycles. The molecule has 0 atom stereocenters. The molecule has 0 heterocycles. The van der Waals surface area contributed by atoms with Crippen molar-refractivity contribution in [1.82, 2.24) is 5.32 Å². The van der Waals surface area contributed by atoms with Crippen LogP contribution in [0, 0.1) is 11.3 Å². The Kier molecular flexibility index (Phi) is 9.67. The standard InChI is InChI=1S/C19H37NO3/c1-8-9-16(21)10-11-17(22)20-14-18(4,5)13-19(6,7)23-12-15(2)3/h15H,8-14H2,1-7H3,(H,20,22). The van der Waals surface area contributed by atoms with Crippen molar-refractivity contribution in [1.29, 1.82) is 0 Å². The summed E-state index contributed by atoms with van der Waals surface area (Å²) >= 11 is 0. The molecule has 1 N–H and O–H groups in total. The number of carbonyl (C=O) groups is 2. The molecular formula is C19H37NO3. The molecule has 1 amide bonds. The molecule has 0 aromatic carbocycles. The number of amides is 1. The second-order valence-electron chi connectivity index (χ2n) is 8.37. The Morgan fingerprint density at radius 2 is 1.65 bits per heavy atom. The first kappa shape index (κ1) is 22.1. The third-order valence-electron chi connectivity index (χ3n) is 3.64. The first-order valence-corrected chi connectivity index (χ1v) is 8.90. The van der Waals surface area contributed by atoms with Gasteiger partial charge in [-0.1, -0.05) is 34.6 Å². The number of hydrogen-bond donors (Lipinski definition) is 1. The Balaban J connectivity index is 4.20. The molecule has 0 aromatic rings. The van der Waals surface area contributed by atoms with Crippen molar-refractivity contribution in [2.75, 3.05) is 13.2 Å². The molecule has 0 aliphatic rings. The van der Waals surface area contributed by atoms with Crippen LogP contribution in [0.4, 0.5) is 0 Å². The van der Waals surface area contributed by atoms with Crippen LogP contribution >= 0.6 is 0 Å². The summed E-state index contributed by atoms with van der Waals surface area (Å²) in [4.78, 5) is 23.4. The fraction of sp³-hybridized carbons (Fsp3) is 0.895. The van der Waals surface area contributed by atoms with Gasteiger partial charge in [-0.25, -0.2) is 0 Å². The molecule has 0 aliphatic carbocycles. The average Bonchev–Trinajstić information content (AvgIpc) is 2.40. The number of carbonyl (C=O) groups excluding carboxylic acids is 2. The summed E-state index contributed by atoms with van der Waals surface area (Å²) in [6.07, 6.45) is 2.92. The highest BCUT2D eigenvalue weighted by atomic mass is 16.5. The van der Waals surface area contributed by atoms with Gasteiger partial charge in [-0.05, 0) is 38.0 Å². The van der Waals surface area contributed by atoms with Crippen LogP contribution < -0.4 is 5.32 Å². The van der Waals surface area contributed by atoms with E-state index in [0.717, 1.165) is 19.4 Å². The lowest BCUT2D eigenvalue weighted by atomic mass is 9.81. The van der Waals surface area contributed by atoms with E-state index in [1.165, 1.54) is 0 Å². The normalized spacial score (nSPS) is 12.5. The Morgan fingerprint density at radius 1 is 1.04 bits per heavy atom. The maximum absolute atomic E-state index is 11.9. The van der Waals surface area contributed by atoms with Crippen LogP contribution in [-0.2, 0) is 14.3 Å². The smallest absolute Gasteiger partial charge is 0.220 e. The Labute approximate surface area is 142 Å². The van der Waals surface area contributed by atoms with Gasteiger partial charge in [0.2, 0.25) is 5.91 Å². The largest absolute Gasteiger partial charge is 0.375 e. The number of nitrogens with one attached hydrogen (secondary N) is 1. The molecule has 0 aromatic heterocycles. The second kappa shape index (κ2) is 10.1. The molecule has 0 saturated carbocycles. The van der Waals surface area contributed by atoms with Crippen LogP contribution in [0.3, 0.4) is 0 Å². The minimum Gasteiger partial charge on any atom is -0.375 e. The van der Waals surface area contributed by atoms with E-state index in [4.69, 9.17) is 4.74 Å². The molecule has 4 heteroatoms. The molecule has 23 heavy (non-hydrogen) atoms. The van der Waals surface area contributed by atoms with Crippen LogP contribution in [-0.4, -0.2) is 30.4 Å². The van der Waals surface area contributed by atoms with Crippen molar-refractivity contribution in [3.8, 4) is 0 Å². The van der Waals surface area contributed by atoms with Crippen LogP contribution in [0.15, 0.2) is 0 Å². The van der Waals surface area contributed by atoms with Crippen LogP contribution in [0.2, 0.25) is 0 Å². The summed E-state index contributed by atoms with van der Waals surface area (Å²) in [6, 6.07) is 0. The third-order valence-corrected chi connectivity index (χ3v) is 3.64. The number of Topliss-reactive ketones (excluding diaryl/α,β-unsaturated/α-hetero) is 1. The average molecular weight is 328 g/mol. The van der Waals surface area contributed by atoms with Gasteiger partial charge in [0, 0.05) is 32.4 Å². The van der Waals surface area contributed by atoms with Gasteiger partial charge in [-0.15, -0.1) is 0 Å². The monoisotopic (exact) mass is 327 g/mol. The van der Waals surface area contributed by atoms with Crippen molar-refractivity contribution >= 4 is 11.7 Å². The van der Waals surface area contributed by atoms with Crippen LogP contribution in [0.25, 0.3) is 0 Å². The number of ether oxygens (including phenoxy) is 1. The van der Waals surface area contributed by atoms with Crippen molar-refractivity contribution in [3.63, 3.8) is 0 Å². The van der Waals surface area contributed by atoms with Crippen molar-refractivity contribution < 1.29 is 14.3 Å². The molecule has 0 radical (unpaired) electrons. The minimum absolute atomic E-state index is 0.0385. The van der Waals surface area contributed by atoms with Crippen LogP contribution in [0.1, 0.15) is 80.6 Å². The Hall–Kier alpha value is -0.900. The number of hydrogen-bond acceptors (Lipinski definition) is 3. The van der Waals surface area contributed by atoms with Crippen molar-refractivity contribution in [3.05, 3.63) is 0 Å². The lowest BCUT2D eigenvalue weighted by Crippen LogP contribution is -2.40. The molecular weight excluding hydrogens is 290 g/mol. The van der Waals surface area contributed by atoms with Gasteiger partial charge in [0.15, 0.2) is 0 Å². The molecule has 0 unspecified atom stereocenters. The van der Waals surface area contributed by atoms with E-state index >= 15 is 0 Å². The Morgan fingerprint density at radius 3 is 2.17 bits per heavy atom. The molecule has 136 valence electrons. The highest BCUT2D eigenvalue weighted by Crippen LogP contribution is 2.30. The van der Waals surface area contributed by atoms with E-state index in [-0.39, 0.29) is 22.7 Å². The molecule has 4 nitrogen and oxygen atoms in total. The van der Waals surface area contributed by atoms with E-state index in [0.29, 0.717) is 31.7 Å². The minimum atomic E-state index is -0.213. The number of ketones is 1. The summed E-state index contributed by atoms with van der Waals surface area (Å²) < 4.78 is 5.98. The van der Waals surface area contributed by atoms with Crippen molar-refractivity contribution in [2.45, 2.75) is 86.2 Å². The Bertz CT molecular complexity index is 373. The van der Waals surface area contributed by atoms with E-state index < -0.39 is 0 Å². The molecule has 0 fully saturated rings. The summed E-state index contributed by atoms with van der Waals surface area (Å²) in [5.74, 6) is 0.645. The zero-order valence-electron chi connectivity index (χ0n) is 16.3. The van der Waals surface area contributed by atoms with Gasteiger partial charge in [0.1, 0.15) is 5.78 Å². The van der Waals surface area contributed by atoms with Gasteiger partial charge in [0.05, 0.1) is 5.60 Å². The quantitative estimate of drug-likeness (QED) is 0.586. The van der Waals surface area contributed by atoms with E-state index in [1.807, 2.05) is 6.92 Å². The van der Waals surface area contributed by atoms with Gasteiger partial charge < -0.3 is 10.1 Å². The van der Waals surface area contributed by atoms with Crippen molar-refractivity contribution in [2.24, 2.45) is 11.3 Å².